The highest BCUT2D eigenvalue weighted by Crippen LogP contribution is 2.16. The molecule has 0 aliphatic carbocycles. The second kappa shape index (κ2) is 5.64. The molecule has 2 saturated heterocycles. The van der Waals surface area contributed by atoms with Gasteiger partial charge in [-0.1, -0.05) is 0 Å². The lowest BCUT2D eigenvalue weighted by molar-refractivity contribution is -0.132. The van der Waals surface area contributed by atoms with Crippen molar-refractivity contribution in [1.29, 1.82) is 0 Å². The molecule has 1 unspecified atom stereocenters. The van der Waals surface area contributed by atoms with Gasteiger partial charge >= 0.3 is 0 Å². The summed E-state index contributed by atoms with van der Waals surface area (Å²) in [6.45, 7) is 4.59. The molecular weight excluding hydrogens is 204 g/mol. The van der Waals surface area contributed by atoms with Crippen molar-refractivity contribution in [1.82, 2.24) is 10.2 Å². The summed E-state index contributed by atoms with van der Waals surface area (Å²) < 4.78 is 5.43. The molecule has 2 heterocycles. The van der Waals surface area contributed by atoms with E-state index in [0.717, 1.165) is 39.3 Å². The first-order chi connectivity index (χ1) is 7.75. The number of carbonyl (C=O) groups excluding carboxylic acids is 1. The maximum Gasteiger partial charge on any atom is 0.222 e. The third-order valence-corrected chi connectivity index (χ3v) is 3.54. The summed E-state index contributed by atoms with van der Waals surface area (Å²) in [6.07, 6.45) is 3.04. The first-order valence-electron chi connectivity index (χ1n) is 6.28. The number of amides is 1. The fourth-order valence-corrected chi connectivity index (χ4v) is 2.34. The number of ether oxygens (including phenoxy) is 1. The van der Waals surface area contributed by atoms with Crippen LogP contribution in [-0.2, 0) is 9.53 Å². The van der Waals surface area contributed by atoms with Crippen LogP contribution >= 0.6 is 0 Å². The van der Waals surface area contributed by atoms with Crippen LogP contribution in [0, 0.1) is 11.8 Å². The molecule has 0 radical (unpaired) electrons. The van der Waals surface area contributed by atoms with E-state index in [1.807, 2.05) is 11.9 Å². The summed E-state index contributed by atoms with van der Waals surface area (Å²) in [4.78, 5) is 13.8. The van der Waals surface area contributed by atoms with Crippen LogP contribution in [0.3, 0.4) is 0 Å². The van der Waals surface area contributed by atoms with Crippen molar-refractivity contribution in [2.45, 2.75) is 19.3 Å². The van der Waals surface area contributed by atoms with Crippen molar-refractivity contribution >= 4 is 5.91 Å². The van der Waals surface area contributed by atoms with Gasteiger partial charge in [-0.15, -0.1) is 0 Å². The maximum absolute atomic E-state index is 11.9. The van der Waals surface area contributed by atoms with Crippen LogP contribution in [0.2, 0.25) is 0 Å². The third-order valence-electron chi connectivity index (χ3n) is 3.54. The van der Waals surface area contributed by atoms with Gasteiger partial charge in [0.2, 0.25) is 5.91 Å². The van der Waals surface area contributed by atoms with Crippen molar-refractivity contribution in [3.05, 3.63) is 0 Å². The van der Waals surface area contributed by atoms with Gasteiger partial charge in [-0.2, -0.15) is 0 Å². The minimum atomic E-state index is 0.289. The SMILES string of the molecule is CN(CC1CCCOC1)C(=O)CC1CNC1. The van der Waals surface area contributed by atoms with Gasteiger partial charge in [0.25, 0.3) is 0 Å². The van der Waals surface area contributed by atoms with Crippen LogP contribution in [0.5, 0.6) is 0 Å². The topological polar surface area (TPSA) is 41.6 Å². The highest BCUT2D eigenvalue weighted by atomic mass is 16.5. The van der Waals surface area contributed by atoms with Crippen molar-refractivity contribution in [3.63, 3.8) is 0 Å². The molecule has 0 aromatic rings. The molecule has 0 bridgehead atoms. The van der Waals surface area contributed by atoms with Crippen LogP contribution in [0.4, 0.5) is 0 Å². The van der Waals surface area contributed by atoms with Crippen LogP contribution in [0.25, 0.3) is 0 Å². The van der Waals surface area contributed by atoms with Crippen LogP contribution < -0.4 is 5.32 Å². The van der Waals surface area contributed by atoms with Gasteiger partial charge in [0.1, 0.15) is 0 Å². The number of nitrogens with one attached hydrogen (secondary N) is 1. The summed E-state index contributed by atoms with van der Waals surface area (Å²) in [6, 6.07) is 0. The maximum atomic E-state index is 11.9. The molecule has 2 rings (SSSR count). The number of hydrogen-bond donors (Lipinski definition) is 1. The first-order valence-corrected chi connectivity index (χ1v) is 6.28. The fraction of sp³-hybridized carbons (Fsp3) is 0.917. The Labute approximate surface area is 97.3 Å². The van der Waals surface area contributed by atoms with Gasteiger partial charge < -0.3 is 15.0 Å². The van der Waals surface area contributed by atoms with Crippen LogP contribution in [-0.4, -0.2) is 50.7 Å². The first kappa shape index (κ1) is 11.9. The van der Waals surface area contributed by atoms with E-state index in [1.54, 1.807) is 0 Å². The molecule has 2 aliphatic heterocycles. The molecule has 4 heteroatoms. The van der Waals surface area contributed by atoms with Crippen molar-refractivity contribution < 1.29 is 9.53 Å². The number of rotatable bonds is 4. The Hall–Kier alpha value is -0.610. The van der Waals surface area contributed by atoms with E-state index < -0.39 is 0 Å². The lowest BCUT2D eigenvalue weighted by atomic mass is 9.97. The minimum absolute atomic E-state index is 0.289. The molecule has 0 spiro atoms. The van der Waals surface area contributed by atoms with Crippen molar-refractivity contribution in [3.8, 4) is 0 Å². The zero-order chi connectivity index (χ0) is 11.4. The smallest absolute Gasteiger partial charge is 0.222 e. The summed E-state index contributed by atoms with van der Waals surface area (Å²) in [5.74, 6) is 1.40. The lowest BCUT2D eigenvalue weighted by Crippen LogP contribution is -2.45. The van der Waals surface area contributed by atoms with E-state index in [-0.39, 0.29) is 5.91 Å². The quantitative estimate of drug-likeness (QED) is 0.758. The molecule has 2 aliphatic rings. The van der Waals surface area contributed by atoms with E-state index >= 15 is 0 Å². The van der Waals surface area contributed by atoms with Gasteiger partial charge in [-0.3, -0.25) is 4.79 Å². The van der Waals surface area contributed by atoms with Crippen molar-refractivity contribution in [2.75, 3.05) is 39.9 Å². The van der Waals surface area contributed by atoms with E-state index in [9.17, 15) is 4.79 Å². The van der Waals surface area contributed by atoms with E-state index in [0.29, 0.717) is 18.3 Å². The molecular formula is C12H22N2O2. The Morgan fingerprint density at radius 2 is 2.25 bits per heavy atom. The molecule has 92 valence electrons. The molecule has 0 saturated carbocycles. The Morgan fingerprint density at radius 1 is 1.44 bits per heavy atom. The largest absolute Gasteiger partial charge is 0.381 e. The third kappa shape index (κ3) is 3.19. The second-order valence-electron chi connectivity index (χ2n) is 5.09. The molecule has 2 fully saturated rings. The average Bonchev–Trinajstić information content (AvgIpc) is 2.24. The molecule has 0 aromatic carbocycles. The molecule has 1 amide bonds. The highest BCUT2D eigenvalue weighted by molar-refractivity contribution is 5.76. The van der Waals surface area contributed by atoms with E-state index in [1.165, 1.54) is 6.42 Å². The Bertz CT molecular complexity index is 235. The van der Waals surface area contributed by atoms with Crippen LogP contribution in [0.15, 0.2) is 0 Å². The standard InChI is InChI=1S/C12H22N2O2/c1-14(8-10-3-2-4-16-9-10)12(15)5-11-6-13-7-11/h10-11,13H,2-9H2,1H3. The Morgan fingerprint density at radius 3 is 2.81 bits per heavy atom. The second-order valence-corrected chi connectivity index (χ2v) is 5.09. The Balaban J connectivity index is 1.68. The molecule has 1 atom stereocenters. The van der Waals surface area contributed by atoms with Gasteiger partial charge in [0, 0.05) is 26.6 Å². The molecule has 0 aromatic heterocycles. The predicted molar refractivity (Wildman–Crippen MR) is 62.2 cm³/mol. The fourth-order valence-electron chi connectivity index (χ4n) is 2.34. The summed E-state index contributed by atoms with van der Waals surface area (Å²) in [5.41, 5.74) is 0. The average molecular weight is 226 g/mol. The van der Waals surface area contributed by atoms with Gasteiger partial charge in [-0.25, -0.2) is 0 Å². The van der Waals surface area contributed by atoms with Gasteiger partial charge in [0.15, 0.2) is 0 Å². The molecule has 4 nitrogen and oxygen atoms in total. The summed E-state index contributed by atoms with van der Waals surface area (Å²) in [7, 11) is 1.92. The molecule has 16 heavy (non-hydrogen) atoms. The summed E-state index contributed by atoms with van der Waals surface area (Å²) >= 11 is 0. The minimum Gasteiger partial charge on any atom is -0.381 e. The number of hydrogen-bond acceptors (Lipinski definition) is 3. The zero-order valence-corrected chi connectivity index (χ0v) is 10.1. The van der Waals surface area contributed by atoms with Crippen LogP contribution in [0.1, 0.15) is 19.3 Å². The van der Waals surface area contributed by atoms with Gasteiger partial charge in [-0.05, 0) is 37.8 Å². The van der Waals surface area contributed by atoms with Crippen molar-refractivity contribution in [2.24, 2.45) is 11.8 Å². The predicted octanol–water partition coefficient (Wildman–Crippen LogP) is 0.481. The lowest BCUT2D eigenvalue weighted by Gasteiger charge is -2.31. The number of carbonyl (C=O) groups is 1. The Kier molecular flexibility index (Phi) is 4.18. The molecule has 1 N–H and O–H groups in total. The van der Waals surface area contributed by atoms with Gasteiger partial charge in [0.05, 0.1) is 6.61 Å². The van der Waals surface area contributed by atoms with E-state index in [4.69, 9.17) is 4.74 Å². The zero-order valence-electron chi connectivity index (χ0n) is 10.1. The summed E-state index contributed by atoms with van der Waals surface area (Å²) in [5, 5.41) is 3.20. The highest BCUT2D eigenvalue weighted by Gasteiger charge is 2.24. The monoisotopic (exact) mass is 226 g/mol. The number of nitrogens with zero attached hydrogens (tertiary/aromatic N) is 1. The normalized spacial score (nSPS) is 26.2. The van der Waals surface area contributed by atoms with E-state index in [2.05, 4.69) is 5.32 Å².